The van der Waals surface area contributed by atoms with Gasteiger partial charge in [-0.1, -0.05) is 13.3 Å². The molecule has 5 atom stereocenters. The lowest BCUT2D eigenvalue weighted by Gasteiger charge is -2.17. The molecule has 0 spiro atoms. The van der Waals surface area contributed by atoms with E-state index in [1.165, 1.54) is 12.8 Å². The molecule has 0 saturated carbocycles. The van der Waals surface area contributed by atoms with Crippen molar-refractivity contribution < 1.29 is 0 Å². The van der Waals surface area contributed by atoms with E-state index >= 15 is 0 Å². The second-order valence-corrected chi connectivity index (χ2v) is 3.90. The van der Waals surface area contributed by atoms with Gasteiger partial charge in [-0.25, -0.2) is 0 Å². The second-order valence-electron chi connectivity index (χ2n) is 3.90. The number of piperidine rings is 1. The van der Waals surface area contributed by atoms with Gasteiger partial charge >= 0.3 is 0 Å². The normalized spacial score (nSPS) is 58.5. The maximum atomic E-state index is 2.66. The summed E-state index contributed by atoms with van der Waals surface area (Å²) in [5.41, 5.74) is 0. The highest BCUT2D eigenvalue weighted by Crippen LogP contribution is 2.46. The van der Waals surface area contributed by atoms with Crippen LogP contribution in [0.1, 0.15) is 33.6 Å². The molecule has 2 fully saturated rings. The zero-order valence-corrected chi connectivity index (χ0v) is 7.17. The van der Waals surface area contributed by atoms with Gasteiger partial charge < -0.3 is 0 Å². The van der Waals surface area contributed by atoms with E-state index in [0.717, 1.165) is 24.0 Å². The van der Waals surface area contributed by atoms with Crippen LogP contribution in [0.4, 0.5) is 0 Å². The number of nitrogens with zero attached hydrogens (tertiary/aromatic N) is 1. The van der Waals surface area contributed by atoms with Gasteiger partial charge in [0, 0.05) is 18.1 Å². The fourth-order valence-electron chi connectivity index (χ4n) is 2.69. The molecule has 2 heterocycles. The number of fused-ring (bicyclic) bond motifs is 1. The number of rotatable bonds is 1. The maximum Gasteiger partial charge on any atom is 0.0258 e. The van der Waals surface area contributed by atoms with Gasteiger partial charge in [0.2, 0.25) is 0 Å². The zero-order valence-electron chi connectivity index (χ0n) is 7.17. The van der Waals surface area contributed by atoms with Crippen molar-refractivity contribution in [3.05, 3.63) is 0 Å². The lowest BCUT2D eigenvalue weighted by atomic mass is 9.94. The van der Waals surface area contributed by atoms with E-state index in [2.05, 4.69) is 25.7 Å². The summed E-state index contributed by atoms with van der Waals surface area (Å²) in [6.07, 6.45) is 2.85. The van der Waals surface area contributed by atoms with E-state index in [4.69, 9.17) is 0 Å². The van der Waals surface area contributed by atoms with Gasteiger partial charge in [0.25, 0.3) is 0 Å². The van der Waals surface area contributed by atoms with E-state index in [0.29, 0.717) is 0 Å². The first-order valence-electron chi connectivity index (χ1n) is 4.53. The molecule has 2 saturated heterocycles. The lowest BCUT2D eigenvalue weighted by molar-refractivity contribution is 0.328. The molecule has 58 valence electrons. The van der Waals surface area contributed by atoms with Crippen LogP contribution in [0.15, 0.2) is 0 Å². The quantitative estimate of drug-likeness (QED) is 0.501. The zero-order chi connectivity index (χ0) is 7.30. The van der Waals surface area contributed by atoms with Crippen molar-refractivity contribution in [1.82, 2.24) is 4.90 Å². The van der Waals surface area contributed by atoms with Crippen LogP contribution in [0.5, 0.6) is 0 Å². The molecule has 0 amide bonds. The van der Waals surface area contributed by atoms with Crippen LogP contribution < -0.4 is 0 Å². The van der Waals surface area contributed by atoms with Gasteiger partial charge in [-0.05, 0) is 26.2 Å². The summed E-state index contributed by atoms with van der Waals surface area (Å²) >= 11 is 0. The van der Waals surface area contributed by atoms with Crippen LogP contribution in [0.3, 0.4) is 0 Å². The highest BCUT2D eigenvalue weighted by atomic mass is 15.4. The minimum atomic E-state index is 0.880. The number of hydrogen-bond acceptors (Lipinski definition) is 1. The summed E-state index contributed by atoms with van der Waals surface area (Å²) in [7, 11) is 0. The lowest BCUT2D eigenvalue weighted by Crippen LogP contribution is -2.21. The van der Waals surface area contributed by atoms with Crippen molar-refractivity contribution >= 4 is 0 Å². The average molecular weight is 139 g/mol. The molecule has 0 aromatic rings. The van der Waals surface area contributed by atoms with Crippen molar-refractivity contribution in [3.8, 4) is 0 Å². The van der Waals surface area contributed by atoms with Crippen LogP contribution in [0, 0.1) is 5.92 Å². The summed E-state index contributed by atoms with van der Waals surface area (Å²) in [6.45, 7) is 7.06. The largest absolute Gasteiger partial charge is 0.292 e. The molecule has 0 aromatic heterocycles. The van der Waals surface area contributed by atoms with Gasteiger partial charge in [-0.2, -0.15) is 0 Å². The fraction of sp³-hybridized carbons (Fsp3) is 1.00. The molecule has 2 rings (SSSR count). The third-order valence-corrected chi connectivity index (χ3v) is 3.54. The summed E-state index contributed by atoms with van der Waals surface area (Å²) in [5, 5.41) is 0. The Morgan fingerprint density at radius 1 is 1.30 bits per heavy atom. The van der Waals surface area contributed by atoms with Crippen molar-refractivity contribution in [1.29, 1.82) is 0 Å². The van der Waals surface area contributed by atoms with Gasteiger partial charge in [-0.3, -0.25) is 4.90 Å². The van der Waals surface area contributed by atoms with Crippen LogP contribution in [-0.2, 0) is 0 Å². The Labute approximate surface area is 63.4 Å². The van der Waals surface area contributed by atoms with E-state index in [-0.39, 0.29) is 0 Å². The monoisotopic (exact) mass is 139 g/mol. The van der Waals surface area contributed by atoms with Gasteiger partial charge in [0.1, 0.15) is 0 Å². The molecule has 0 aliphatic carbocycles. The first kappa shape index (κ1) is 6.66. The summed E-state index contributed by atoms with van der Waals surface area (Å²) < 4.78 is 0. The third-order valence-electron chi connectivity index (χ3n) is 3.54. The first-order valence-corrected chi connectivity index (χ1v) is 4.53. The van der Waals surface area contributed by atoms with Crippen LogP contribution >= 0.6 is 0 Å². The van der Waals surface area contributed by atoms with E-state index in [1.54, 1.807) is 0 Å². The molecule has 2 aliphatic rings. The smallest absolute Gasteiger partial charge is 0.0258 e. The average Bonchev–Trinajstić information content (AvgIpc) is 2.38. The topological polar surface area (TPSA) is 3.01 Å². The Kier molecular flexibility index (Phi) is 1.31. The second kappa shape index (κ2) is 1.97. The van der Waals surface area contributed by atoms with Gasteiger partial charge in [0.15, 0.2) is 0 Å². The van der Waals surface area contributed by atoms with Crippen molar-refractivity contribution in [2.24, 2.45) is 5.92 Å². The molecule has 1 nitrogen and oxygen atoms in total. The minimum absolute atomic E-state index is 0.880. The molecular formula is C9H17N. The Morgan fingerprint density at radius 3 is 2.40 bits per heavy atom. The molecule has 0 radical (unpaired) electrons. The van der Waals surface area contributed by atoms with Crippen LogP contribution in [0.2, 0.25) is 0 Å². The van der Waals surface area contributed by atoms with Crippen molar-refractivity contribution in [2.75, 3.05) is 0 Å². The predicted molar refractivity (Wildman–Crippen MR) is 42.9 cm³/mol. The molecule has 10 heavy (non-hydrogen) atoms. The van der Waals surface area contributed by atoms with Gasteiger partial charge in [0.05, 0.1) is 0 Å². The summed E-state index contributed by atoms with van der Waals surface area (Å²) in [5.74, 6) is 1.00. The highest BCUT2D eigenvalue weighted by molar-refractivity contribution is 5.09. The standard InChI is InChI=1S/C9H17N/c1-4-8-5-9-7(3)10(9)6(8)2/h6-9H,4-5H2,1-3H3. The minimum Gasteiger partial charge on any atom is -0.292 e. The Bertz CT molecular complexity index is 142. The maximum absolute atomic E-state index is 2.66. The summed E-state index contributed by atoms with van der Waals surface area (Å²) in [6, 6.07) is 2.77. The van der Waals surface area contributed by atoms with E-state index in [1.807, 2.05) is 0 Å². The fourth-order valence-corrected chi connectivity index (χ4v) is 2.69. The third kappa shape index (κ3) is 0.672. The van der Waals surface area contributed by atoms with Crippen molar-refractivity contribution in [2.45, 2.75) is 51.7 Å². The van der Waals surface area contributed by atoms with Crippen LogP contribution in [-0.4, -0.2) is 23.0 Å². The SMILES string of the molecule is CCC1CC2C(C)N2C1C. The molecule has 5 unspecified atom stereocenters. The first-order chi connectivity index (χ1) is 4.75. The molecule has 0 bridgehead atoms. The molecule has 0 N–H and O–H groups in total. The van der Waals surface area contributed by atoms with Crippen LogP contribution in [0.25, 0.3) is 0 Å². The molecule has 2 aliphatic heterocycles. The van der Waals surface area contributed by atoms with E-state index in [9.17, 15) is 0 Å². The molecule has 0 aromatic carbocycles. The Balaban J connectivity index is 2.00. The van der Waals surface area contributed by atoms with Gasteiger partial charge in [-0.15, -0.1) is 0 Å². The molecular weight excluding hydrogens is 122 g/mol. The number of hydrogen-bond donors (Lipinski definition) is 0. The van der Waals surface area contributed by atoms with E-state index < -0.39 is 0 Å². The Hall–Kier alpha value is -0.0400. The Morgan fingerprint density at radius 2 is 2.00 bits per heavy atom. The highest BCUT2D eigenvalue weighted by Gasteiger charge is 2.54. The predicted octanol–water partition coefficient (Wildman–Crippen LogP) is 1.88. The van der Waals surface area contributed by atoms with Crippen molar-refractivity contribution in [3.63, 3.8) is 0 Å². The summed E-state index contributed by atoms with van der Waals surface area (Å²) in [4.78, 5) is 2.66. The molecule has 1 heteroatoms.